The van der Waals surface area contributed by atoms with Crippen LogP contribution in [0.4, 0.5) is 0 Å². The molecule has 3 nitrogen and oxygen atoms in total. The molecule has 0 fully saturated rings. The molecule has 1 unspecified atom stereocenters. The van der Waals surface area contributed by atoms with Gasteiger partial charge in [-0.1, -0.05) is 51.9 Å². The van der Waals surface area contributed by atoms with Crippen LogP contribution >= 0.6 is 0 Å². The summed E-state index contributed by atoms with van der Waals surface area (Å²) in [7, 11) is 0. The molecule has 102 valence electrons. The number of carboxylic acids is 1. The summed E-state index contributed by atoms with van der Waals surface area (Å²) >= 11 is 0. The first-order valence-electron chi connectivity index (χ1n) is 7.06. The average Bonchev–Trinajstić information content (AvgIpc) is 2.27. The summed E-state index contributed by atoms with van der Waals surface area (Å²) < 4.78 is 0. The highest BCUT2D eigenvalue weighted by molar-refractivity contribution is 5.66. The molecule has 0 bridgehead atoms. The predicted molar refractivity (Wildman–Crippen MR) is 70.1 cm³/mol. The first-order valence-corrected chi connectivity index (χ1v) is 7.06. The van der Waals surface area contributed by atoms with Gasteiger partial charge in [-0.2, -0.15) is 0 Å². The summed E-state index contributed by atoms with van der Waals surface area (Å²) in [5.41, 5.74) is 0. The maximum atomic E-state index is 10.3. The summed E-state index contributed by atoms with van der Waals surface area (Å²) in [6, 6.07) is 0. The number of aliphatic hydroxyl groups is 1. The van der Waals surface area contributed by atoms with Crippen molar-refractivity contribution in [3.63, 3.8) is 0 Å². The van der Waals surface area contributed by atoms with E-state index in [1.165, 1.54) is 19.3 Å². The molecule has 1 atom stereocenters. The molecule has 0 heterocycles. The number of unbranched alkanes of at least 4 members (excludes halogenated alkanes) is 6. The Balaban J connectivity index is 3.05. The van der Waals surface area contributed by atoms with Crippen molar-refractivity contribution in [1.82, 2.24) is 0 Å². The van der Waals surface area contributed by atoms with E-state index in [9.17, 15) is 9.90 Å². The molecule has 17 heavy (non-hydrogen) atoms. The molecule has 0 aliphatic rings. The Hall–Kier alpha value is -0.570. The predicted octanol–water partition coefficient (Wildman–Crippen LogP) is 3.74. The van der Waals surface area contributed by atoms with Crippen LogP contribution < -0.4 is 0 Å². The van der Waals surface area contributed by atoms with Crippen molar-refractivity contribution in [2.45, 2.75) is 83.7 Å². The van der Waals surface area contributed by atoms with Crippen LogP contribution in [0, 0.1) is 0 Å². The van der Waals surface area contributed by atoms with Gasteiger partial charge in [0.05, 0.1) is 6.10 Å². The number of rotatable bonds is 12. The Morgan fingerprint density at radius 2 is 1.47 bits per heavy atom. The number of carboxylic acid groups (broad SMARTS) is 1. The van der Waals surface area contributed by atoms with Crippen molar-refractivity contribution in [3.8, 4) is 0 Å². The minimum atomic E-state index is -0.685. The second-order valence-corrected chi connectivity index (χ2v) is 4.85. The van der Waals surface area contributed by atoms with E-state index in [0.29, 0.717) is 6.42 Å². The van der Waals surface area contributed by atoms with Gasteiger partial charge in [0.15, 0.2) is 0 Å². The van der Waals surface area contributed by atoms with Gasteiger partial charge >= 0.3 is 5.97 Å². The van der Waals surface area contributed by atoms with Gasteiger partial charge in [0.25, 0.3) is 0 Å². The zero-order valence-electron chi connectivity index (χ0n) is 11.2. The van der Waals surface area contributed by atoms with E-state index in [-0.39, 0.29) is 6.10 Å². The van der Waals surface area contributed by atoms with E-state index in [4.69, 9.17) is 5.11 Å². The van der Waals surface area contributed by atoms with Crippen LogP contribution in [-0.4, -0.2) is 22.3 Å². The largest absolute Gasteiger partial charge is 0.481 e. The number of carbonyl (C=O) groups is 1. The fourth-order valence-electron chi connectivity index (χ4n) is 2.02. The van der Waals surface area contributed by atoms with Gasteiger partial charge in [-0.15, -0.1) is 0 Å². The van der Waals surface area contributed by atoms with E-state index in [2.05, 4.69) is 6.92 Å². The van der Waals surface area contributed by atoms with Crippen LogP contribution in [0.2, 0.25) is 0 Å². The van der Waals surface area contributed by atoms with Gasteiger partial charge in [0.1, 0.15) is 0 Å². The molecule has 0 spiro atoms. The minimum absolute atomic E-state index is 0.101. The van der Waals surface area contributed by atoms with Gasteiger partial charge in [0.2, 0.25) is 0 Å². The van der Waals surface area contributed by atoms with E-state index in [0.717, 1.165) is 44.9 Å². The standard InChI is InChI=1S/C14H28O3/c1-2-10-13(15)11-8-6-4-3-5-7-9-12-14(16)17/h13,15H,2-12H2,1H3,(H,16,17). The molecule has 0 aliphatic heterocycles. The van der Waals surface area contributed by atoms with Crippen LogP contribution in [0.3, 0.4) is 0 Å². The average molecular weight is 244 g/mol. The van der Waals surface area contributed by atoms with Crippen LogP contribution in [-0.2, 0) is 4.79 Å². The monoisotopic (exact) mass is 244 g/mol. The smallest absolute Gasteiger partial charge is 0.303 e. The highest BCUT2D eigenvalue weighted by Crippen LogP contribution is 2.12. The molecule has 0 aromatic carbocycles. The number of hydrogen-bond acceptors (Lipinski definition) is 2. The topological polar surface area (TPSA) is 57.5 Å². The summed E-state index contributed by atoms with van der Waals surface area (Å²) in [5, 5.41) is 18.0. The fraction of sp³-hybridized carbons (Fsp3) is 0.929. The van der Waals surface area contributed by atoms with Gasteiger partial charge in [0, 0.05) is 6.42 Å². The van der Waals surface area contributed by atoms with Crippen LogP contribution in [0.1, 0.15) is 77.6 Å². The summed E-state index contributed by atoms with van der Waals surface area (Å²) in [4.78, 5) is 10.3. The molecular formula is C14H28O3. The molecule has 0 saturated carbocycles. The zero-order valence-corrected chi connectivity index (χ0v) is 11.2. The van der Waals surface area contributed by atoms with Crippen molar-refractivity contribution in [3.05, 3.63) is 0 Å². The SMILES string of the molecule is CCCC(O)CCCCCCCCCC(=O)O. The zero-order chi connectivity index (χ0) is 12.9. The highest BCUT2D eigenvalue weighted by atomic mass is 16.4. The van der Waals surface area contributed by atoms with Crippen molar-refractivity contribution >= 4 is 5.97 Å². The Labute approximate surface area is 105 Å². The van der Waals surface area contributed by atoms with E-state index in [1.54, 1.807) is 0 Å². The Morgan fingerprint density at radius 1 is 0.941 bits per heavy atom. The third-order valence-electron chi connectivity index (χ3n) is 3.05. The lowest BCUT2D eigenvalue weighted by Crippen LogP contribution is -2.04. The van der Waals surface area contributed by atoms with Crippen molar-refractivity contribution in [2.24, 2.45) is 0 Å². The van der Waals surface area contributed by atoms with E-state index < -0.39 is 5.97 Å². The normalized spacial score (nSPS) is 12.6. The number of aliphatic hydroxyl groups excluding tert-OH is 1. The second-order valence-electron chi connectivity index (χ2n) is 4.85. The molecule has 0 radical (unpaired) electrons. The number of aliphatic carboxylic acids is 1. The minimum Gasteiger partial charge on any atom is -0.481 e. The van der Waals surface area contributed by atoms with E-state index >= 15 is 0 Å². The first kappa shape index (κ1) is 16.4. The third-order valence-corrected chi connectivity index (χ3v) is 3.05. The van der Waals surface area contributed by atoms with Crippen molar-refractivity contribution < 1.29 is 15.0 Å². The number of hydrogen-bond donors (Lipinski definition) is 2. The maximum Gasteiger partial charge on any atom is 0.303 e. The summed E-state index contributed by atoms with van der Waals surface area (Å²) in [6.07, 6.45) is 10.8. The van der Waals surface area contributed by atoms with Gasteiger partial charge < -0.3 is 10.2 Å². The third kappa shape index (κ3) is 13.4. The van der Waals surface area contributed by atoms with Gasteiger partial charge in [-0.25, -0.2) is 0 Å². The summed E-state index contributed by atoms with van der Waals surface area (Å²) in [5.74, 6) is -0.685. The van der Waals surface area contributed by atoms with Gasteiger partial charge in [-0.05, 0) is 19.3 Å². The molecule has 0 saturated heterocycles. The lowest BCUT2D eigenvalue weighted by molar-refractivity contribution is -0.137. The highest BCUT2D eigenvalue weighted by Gasteiger charge is 2.01. The lowest BCUT2D eigenvalue weighted by Gasteiger charge is -2.08. The van der Waals surface area contributed by atoms with Gasteiger partial charge in [-0.3, -0.25) is 4.79 Å². The Bertz CT molecular complexity index is 180. The van der Waals surface area contributed by atoms with E-state index in [1.807, 2.05) is 0 Å². The Morgan fingerprint density at radius 3 is 2.00 bits per heavy atom. The Kier molecular flexibility index (Phi) is 11.5. The van der Waals surface area contributed by atoms with Crippen LogP contribution in [0.15, 0.2) is 0 Å². The molecule has 3 heteroatoms. The van der Waals surface area contributed by atoms with Crippen molar-refractivity contribution in [2.75, 3.05) is 0 Å². The molecular weight excluding hydrogens is 216 g/mol. The molecule has 0 rings (SSSR count). The quantitative estimate of drug-likeness (QED) is 0.514. The van der Waals surface area contributed by atoms with Crippen LogP contribution in [0.5, 0.6) is 0 Å². The molecule has 0 aromatic rings. The summed E-state index contributed by atoms with van der Waals surface area (Å²) in [6.45, 7) is 2.10. The van der Waals surface area contributed by atoms with Crippen molar-refractivity contribution in [1.29, 1.82) is 0 Å². The second kappa shape index (κ2) is 11.9. The fourth-order valence-corrected chi connectivity index (χ4v) is 2.02. The maximum absolute atomic E-state index is 10.3. The van der Waals surface area contributed by atoms with Crippen LogP contribution in [0.25, 0.3) is 0 Å². The molecule has 0 aliphatic carbocycles. The lowest BCUT2D eigenvalue weighted by atomic mass is 10.0. The first-order chi connectivity index (χ1) is 8.16. The molecule has 0 aromatic heterocycles. The molecule has 2 N–H and O–H groups in total. The molecule has 0 amide bonds.